The summed E-state index contributed by atoms with van der Waals surface area (Å²) in [5, 5.41) is 0. The van der Waals surface area contributed by atoms with E-state index >= 15 is 0 Å². The molecule has 1 aromatic heterocycles. The maximum absolute atomic E-state index is 6.30. The third-order valence-corrected chi connectivity index (χ3v) is 7.26. The van der Waals surface area contributed by atoms with Gasteiger partial charge in [0.2, 0.25) is 5.95 Å². The average Bonchev–Trinajstić information content (AvgIpc) is 3.20. The molecule has 3 aliphatic rings. The Hall–Kier alpha value is -2.14. The van der Waals surface area contributed by atoms with Gasteiger partial charge < -0.3 is 10.6 Å². The van der Waals surface area contributed by atoms with E-state index in [-0.39, 0.29) is 0 Å². The Kier molecular flexibility index (Phi) is 4.94. The summed E-state index contributed by atoms with van der Waals surface area (Å²) in [6, 6.07) is 11.9. The smallest absolute Gasteiger partial charge is 0.222 e. The highest BCUT2D eigenvalue weighted by Crippen LogP contribution is 2.41. The molecule has 2 fully saturated rings. The standard InChI is InChI=1S/C24H33N5/c1-16(2)21-15-28-13-7-10-18(28)14-29(21)23-20-12-6-11-19(17-8-4-3-5-9-17)22(20)26-24(25)27-23/h3-5,8-9,16,18-19,21H,6-7,10-15H2,1-2H3,(H2,25,26,27). The summed E-state index contributed by atoms with van der Waals surface area (Å²) in [5.41, 5.74) is 10.2. The fraction of sp³-hybridized carbons (Fsp3) is 0.583. The largest absolute Gasteiger partial charge is 0.368 e. The summed E-state index contributed by atoms with van der Waals surface area (Å²) >= 11 is 0. The number of anilines is 2. The van der Waals surface area contributed by atoms with Crippen LogP contribution in [0.5, 0.6) is 0 Å². The van der Waals surface area contributed by atoms with Crippen LogP contribution in [0.1, 0.15) is 62.3 Å². The maximum Gasteiger partial charge on any atom is 0.222 e. The first-order valence-electron chi connectivity index (χ1n) is 11.3. The number of benzene rings is 1. The van der Waals surface area contributed by atoms with Crippen LogP contribution < -0.4 is 10.6 Å². The van der Waals surface area contributed by atoms with Gasteiger partial charge in [-0.1, -0.05) is 44.2 Å². The summed E-state index contributed by atoms with van der Waals surface area (Å²) in [5.74, 6) is 2.46. The highest BCUT2D eigenvalue weighted by atomic mass is 15.3. The number of nitrogens with zero attached hydrogens (tertiary/aromatic N) is 4. The lowest BCUT2D eigenvalue weighted by molar-refractivity contribution is 0.175. The van der Waals surface area contributed by atoms with Crippen LogP contribution in [0.4, 0.5) is 11.8 Å². The normalized spacial score (nSPS) is 27.1. The monoisotopic (exact) mass is 391 g/mol. The molecule has 1 aromatic carbocycles. The molecule has 2 aromatic rings. The Morgan fingerprint density at radius 3 is 2.66 bits per heavy atom. The minimum absolute atomic E-state index is 0.328. The van der Waals surface area contributed by atoms with Crippen LogP contribution in [0.15, 0.2) is 30.3 Å². The third-order valence-electron chi connectivity index (χ3n) is 7.26. The van der Waals surface area contributed by atoms with Crippen LogP contribution in [-0.4, -0.2) is 46.6 Å². The highest BCUT2D eigenvalue weighted by Gasteiger charge is 2.40. The van der Waals surface area contributed by atoms with Crippen molar-refractivity contribution in [3.63, 3.8) is 0 Å². The fourth-order valence-electron chi connectivity index (χ4n) is 5.76. The SMILES string of the molecule is CC(C)C1CN2CCCC2CN1c1nc(N)nc2c1CCCC2c1ccccc1. The zero-order valence-corrected chi connectivity index (χ0v) is 17.7. The summed E-state index contributed by atoms with van der Waals surface area (Å²) in [6.07, 6.45) is 6.00. The molecule has 154 valence electrons. The highest BCUT2D eigenvalue weighted by molar-refractivity contribution is 5.56. The average molecular weight is 392 g/mol. The van der Waals surface area contributed by atoms with Crippen molar-refractivity contribution in [1.29, 1.82) is 0 Å². The van der Waals surface area contributed by atoms with E-state index in [9.17, 15) is 0 Å². The van der Waals surface area contributed by atoms with Crippen LogP contribution in [0.25, 0.3) is 0 Å². The van der Waals surface area contributed by atoms with Crippen molar-refractivity contribution >= 4 is 11.8 Å². The summed E-state index contributed by atoms with van der Waals surface area (Å²) in [6.45, 7) is 8.16. The number of piperazine rings is 1. The molecule has 0 amide bonds. The van der Waals surface area contributed by atoms with Crippen molar-refractivity contribution in [2.45, 2.75) is 64.0 Å². The molecule has 3 atom stereocenters. The van der Waals surface area contributed by atoms with Crippen molar-refractivity contribution in [3.8, 4) is 0 Å². The summed E-state index contributed by atoms with van der Waals surface area (Å²) < 4.78 is 0. The van der Waals surface area contributed by atoms with E-state index in [1.54, 1.807) is 0 Å². The van der Waals surface area contributed by atoms with Gasteiger partial charge in [-0.25, -0.2) is 4.98 Å². The molecule has 5 heteroatoms. The van der Waals surface area contributed by atoms with Gasteiger partial charge in [-0.15, -0.1) is 0 Å². The molecule has 3 unspecified atom stereocenters. The topological polar surface area (TPSA) is 58.3 Å². The van der Waals surface area contributed by atoms with Gasteiger partial charge in [0.1, 0.15) is 5.82 Å². The van der Waals surface area contributed by atoms with Crippen molar-refractivity contribution in [2.24, 2.45) is 5.92 Å². The molecule has 0 saturated carbocycles. The second-order valence-electron chi connectivity index (χ2n) is 9.38. The van der Waals surface area contributed by atoms with E-state index < -0.39 is 0 Å². The van der Waals surface area contributed by atoms with Gasteiger partial charge in [-0.3, -0.25) is 4.90 Å². The van der Waals surface area contributed by atoms with Gasteiger partial charge in [0.15, 0.2) is 0 Å². The number of aromatic nitrogens is 2. The molecular weight excluding hydrogens is 358 g/mol. The summed E-state index contributed by atoms with van der Waals surface area (Å²) in [4.78, 5) is 15.0. The summed E-state index contributed by atoms with van der Waals surface area (Å²) in [7, 11) is 0. The minimum Gasteiger partial charge on any atom is -0.368 e. The Morgan fingerprint density at radius 1 is 1.03 bits per heavy atom. The number of hydrogen-bond acceptors (Lipinski definition) is 5. The van der Waals surface area contributed by atoms with Crippen molar-refractivity contribution in [1.82, 2.24) is 14.9 Å². The van der Waals surface area contributed by atoms with E-state index in [1.807, 2.05) is 0 Å². The number of nitrogen functional groups attached to an aromatic ring is 1. The van der Waals surface area contributed by atoms with Gasteiger partial charge in [-0.05, 0) is 50.1 Å². The molecule has 5 nitrogen and oxygen atoms in total. The number of rotatable bonds is 3. The predicted molar refractivity (Wildman–Crippen MR) is 118 cm³/mol. The van der Waals surface area contributed by atoms with E-state index in [0.717, 1.165) is 31.7 Å². The number of hydrogen-bond donors (Lipinski definition) is 1. The van der Waals surface area contributed by atoms with Crippen molar-refractivity contribution in [2.75, 3.05) is 30.3 Å². The lowest BCUT2D eigenvalue weighted by Crippen LogP contribution is -2.58. The molecule has 2 saturated heterocycles. The van der Waals surface area contributed by atoms with Crippen LogP contribution in [0, 0.1) is 5.92 Å². The second kappa shape index (κ2) is 7.60. The zero-order chi connectivity index (χ0) is 20.0. The van der Waals surface area contributed by atoms with E-state index in [0.29, 0.717) is 29.9 Å². The number of fused-ring (bicyclic) bond motifs is 2. The van der Waals surface area contributed by atoms with Crippen molar-refractivity contribution < 1.29 is 0 Å². The molecule has 5 rings (SSSR count). The Labute approximate surface area is 174 Å². The van der Waals surface area contributed by atoms with Crippen LogP contribution in [0.2, 0.25) is 0 Å². The Balaban J connectivity index is 1.58. The van der Waals surface area contributed by atoms with E-state index in [2.05, 4.69) is 54.0 Å². The molecule has 29 heavy (non-hydrogen) atoms. The third kappa shape index (κ3) is 3.39. The zero-order valence-electron chi connectivity index (χ0n) is 17.7. The van der Waals surface area contributed by atoms with Gasteiger partial charge in [0.05, 0.1) is 5.69 Å². The predicted octanol–water partition coefficient (Wildman–Crippen LogP) is 3.84. The van der Waals surface area contributed by atoms with Gasteiger partial charge >= 0.3 is 0 Å². The van der Waals surface area contributed by atoms with E-state index in [4.69, 9.17) is 15.7 Å². The minimum atomic E-state index is 0.328. The maximum atomic E-state index is 6.30. The van der Waals surface area contributed by atoms with Crippen LogP contribution in [-0.2, 0) is 6.42 Å². The first-order valence-corrected chi connectivity index (χ1v) is 11.3. The van der Waals surface area contributed by atoms with Crippen LogP contribution >= 0.6 is 0 Å². The van der Waals surface area contributed by atoms with Gasteiger partial charge in [0, 0.05) is 36.7 Å². The number of nitrogens with two attached hydrogens (primary N) is 1. The first kappa shape index (κ1) is 18.9. The molecule has 3 heterocycles. The second-order valence-corrected chi connectivity index (χ2v) is 9.38. The van der Waals surface area contributed by atoms with Gasteiger partial charge in [-0.2, -0.15) is 4.98 Å². The first-order chi connectivity index (χ1) is 14.1. The molecule has 0 spiro atoms. The molecule has 2 N–H and O–H groups in total. The molecule has 0 bridgehead atoms. The van der Waals surface area contributed by atoms with Crippen LogP contribution in [0.3, 0.4) is 0 Å². The molecule has 0 radical (unpaired) electrons. The lowest BCUT2D eigenvalue weighted by atomic mass is 9.82. The van der Waals surface area contributed by atoms with Gasteiger partial charge in [0.25, 0.3) is 0 Å². The van der Waals surface area contributed by atoms with Crippen molar-refractivity contribution in [3.05, 3.63) is 47.2 Å². The molecule has 2 aliphatic heterocycles. The molecule has 1 aliphatic carbocycles. The quantitative estimate of drug-likeness (QED) is 0.862. The fourth-order valence-corrected chi connectivity index (χ4v) is 5.76. The Morgan fingerprint density at radius 2 is 1.86 bits per heavy atom. The Bertz CT molecular complexity index is 865. The molecular formula is C24H33N5. The van der Waals surface area contributed by atoms with E-state index in [1.165, 1.54) is 42.6 Å². The lowest BCUT2D eigenvalue weighted by Gasteiger charge is -2.47.